The molecule has 1 atom stereocenters. The van der Waals surface area contributed by atoms with Gasteiger partial charge in [-0.05, 0) is 19.3 Å². The molecule has 0 aromatic carbocycles. The largest absolute Gasteiger partial charge is 0.462 e. The van der Waals surface area contributed by atoms with Crippen LogP contribution >= 0.6 is 15.9 Å². The summed E-state index contributed by atoms with van der Waals surface area (Å²) in [7, 11) is 0. The van der Waals surface area contributed by atoms with Crippen LogP contribution in [0.5, 0.6) is 0 Å². The second-order valence-corrected chi connectivity index (χ2v) is 3.37. The van der Waals surface area contributed by atoms with Gasteiger partial charge in [0.15, 0.2) is 0 Å². The molecule has 3 nitrogen and oxygen atoms in total. The van der Waals surface area contributed by atoms with E-state index in [0.29, 0.717) is 6.61 Å². The van der Waals surface area contributed by atoms with Gasteiger partial charge in [-0.2, -0.15) is 0 Å². The number of halogens is 1. The number of carbonyl (C=O) groups excluding carboxylic acids is 1. The SMILES string of the molecule is O=C(CBr)OCC1CCCCO1. The van der Waals surface area contributed by atoms with E-state index in [0.717, 1.165) is 19.4 Å². The second kappa shape index (κ2) is 5.54. The van der Waals surface area contributed by atoms with Gasteiger partial charge in [0.25, 0.3) is 0 Å². The van der Waals surface area contributed by atoms with Gasteiger partial charge < -0.3 is 9.47 Å². The summed E-state index contributed by atoms with van der Waals surface area (Å²) >= 11 is 3.02. The monoisotopic (exact) mass is 236 g/mol. The Hall–Kier alpha value is -0.0900. The van der Waals surface area contributed by atoms with Crippen molar-refractivity contribution in [2.45, 2.75) is 25.4 Å². The molecular weight excluding hydrogens is 224 g/mol. The molecule has 1 heterocycles. The van der Waals surface area contributed by atoms with Gasteiger partial charge in [0, 0.05) is 6.61 Å². The maximum Gasteiger partial charge on any atom is 0.316 e. The van der Waals surface area contributed by atoms with E-state index < -0.39 is 0 Å². The van der Waals surface area contributed by atoms with Gasteiger partial charge in [-0.25, -0.2) is 0 Å². The van der Waals surface area contributed by atoms with Gasteiger partial charge in [0.2, 0.25) is 0 Å². The predicted molar refractivity (Wildman–Crippen MR) is 48.3 cm³/mol. The standard InChI is InChI=1S/C8H13BrO3/c9-5-8(10)12-6-7-3-1-2-4-11-7/h7H,1-6H2. The van der Waals surface area contributed by atoms with Crippen molar-refractivity contribution in [3.8, 4) is 0 Å². The minimum absolute atomic E-state index is 0.127. The molecule has 0 radical (unpaired) electrons. The number of carbonyl (C=O) groups is 1. The van der Waals surface area contributed by atoms with Crippen molar-refractivity contribution in [3.05, 3.63) is 0 Å². The number of ether oxygens (including phenoxy) is 2. The van der Waals surface area contributed by atoms with Gasteiger partial charge in [-0.3, -0.25) is 4.79 Å². The van der Waals surface area contributed by atoms with Crippen LogP contribution in [0.3, 0.4) is 0 Å². The van der Waals surface area contributed by atoms with Gasteiger partial charge in [0.1, 0.15) is 11.9 Å². The lowest BCUT2D eigenvalue weighted by Gasteiger charge is -2.21. The molecule has 1 unspecified atom stereocenters. The average Bonchev–Trinajstić information content (AvgIpc) is 2.16. The van der Waals surface area contributed by atoms with Crippen LogP contribution in [0.1, 0.15) is 19.3 Å². The first-order valence-corrected chi connectivity index (χ1v) is 5.28. The zero-order valence-corrected chi connectivity index (χ0v) is 8.51. The normalized spacial score (nSPS) is 23.6. The summed E-state index contributed by atoms with van der Waals surface area (Å²) in [6.07, 6.45) is 3.44. The van der Waals surface area contributed by atoms with Gasteiger partial charge >= 0.3 is 5.97 Å². The fourth-order valence-electron chi connectivity index (χ4n) is 1.16. The highest BCUT2D eigenvalue weighted by molar-refractivity contribution is 9.09. The van der Waals surface area contributed by atoms with E-state index in [1.165, 1.54) is 6.42 Å². The predicted octanol–water partition coefficient (Wildman–Crippen LogP) is 1.49. The molecule has 0 N–H and O–H groups in total. The van der Waals surface area contributed by atoms with Crippen molar-refractivity contribution >= 4 is 21.9 Å². The molecule has 0 spiro atoms. The zero-order valence-electron chi connectivity index (χ0n) is 6.92. The molecule has 1 saturated heterocycles. The van der Waals surface area contributed by atoms with E-state index in [4.69, 9.17) is 9.47 Å². The number of esters is 1. The summed E-state index contributed by atoms with van der Waals surface area (Å²) in [6, 6.07) is 0. The molecular formula is C8H13BrO3. The summed E-state index contributed by atoms with van der Waals surface area (Å²) in [5, 5.41) is 0.264. The molecule has 1 fully saturated rings. The molecule has 0 aliphatic carbocycles. The Morgan fingerprint density at radius 1 is 1.58 bits per heavy atom. The molecule has 0 amide bonds. The highest BCUT2D eigenvalue weighted by Gasteiger charge is 2.15. The first kappa shape index (κ1) is 9.99. The molecule has 4 heteroatoms. The molecule has 12 heavy (non-hydrogen) atoms. The molecule has 0 saturated carbocycles. The van der Waals surface area contributed by atoms with Gasteiger partial charge in [-0.15, -0.1) is 0 Å². The van der Waals surface area contributed by atoms with E-state index in [1.807, 2.05) is 0 Å². The molecule has 0 aromatic rings. The molecule has 70 valence electrons. The molecule has 1 aliphatic rings. The molecule has 0 bridgehead atoms. The van der Waals surface area contributed by atoms with Crippen molar-refractivity contribution < 1.29 is 14.3 Å². The van der Waals surface area contributed by atoms with Crippen molar-refractivity contribution in [1.82, 2.24) is 0 Å². The van der Waals surface area contributed by atoms with E-state index >= 15 is 0 Å². The third kappa shape index (κ3) is 3.54. The first-order chi connectivity index (χ1) is 5.83. The quantitative estimate of drug-likeness (QED) is 0.551. The van der Waals surface area contributed by atoms with Crippen molar-refractivity contribution in [1.29, 1.82) is 0 Å². The number of alkyl halides is 1. The first-order valence-electron chi connectivity index (χ1n) is 4.16. The smallest absolute Gasteiger partial charge is 0.316 e. The maximum atomic E-state index is 10.7. The minimum atomic E-state index is -0.218. The third-order valence-electron chi connectivity index (χ3n) is 1.81. The van der Waals surface area contributed by atoms with Crippen molar-refractivity contribution in [3.63, 3.8) is 0 Å². The maximum absolute atomic E-state index is 10.7. The highest BCUT2D eigenvalue weighted by atomic mass is 79.9. The Morgan fingerprint density at radius 2 is 2.42 bits per heavy atom. The van der Waals surface area contributed by atoms with E-state index in [9.17, 15) is 4.79 Å². The Morgan fingerprint density at radius 3 is 3.00 bits per heavy atom. The summed E-state index contributed by atoms with van der Waals surface area (Å²) in [6.45, 7) is 1.21. The van der Waals surface area contributed by atoms with E-state index in [-0.39, 0.29) is 17.4 Å². The van der Waals surface area contributed by atoms with E-state index in [2.05, 4.69) is 15.9 Å². The second-order valence-electron chi connectivity index (χ2n) is 2.81. The number of rotatable bonds is 3. The molecule has 1 rings (SSSR count). The Labute approximate surface area is 80.5 Å². The third-order valence-corrected chi connectivity index (χ3v) is 2.27. The zero-order chi connectivity index (χ0) is 8.81. The van der Waals surface area contributed by atoms with Gasteiger partial charge in [-0.1, -0.05) is 15.9 Å². The number of hydrogen-bond donors (Lipinski definition) is 0. The van der Waals surface area contributed by atoms with Crippen LogP contribution in [-0.2, 0) is 14.3 Å². The lowest BCUT2D eigenvalue weighted by molar-refractivity contribution is -0.145. The van der Waals surface area contributed by atoms with Crippen molar-refractivity contribution in [2.24, 2.45) is 0 Å². The fourth-order valence-corrected chi connectivity index (χ4v) is 1.33. The van der Waals surface area contributed by atoms with Crippen LogP contribution in [0.2, 0.25) is 0 Å². The summed E-state index contributed by atoms with van der Waals surface area (Å²) in [4.78, 5) is 10.7. The van der Waals surface area contributed by atoms with Crippen LogP contribution in [0.4, 0.5) is 0 Å². The average molecular weight is 237 g/mol. The van der Waals surface area contributed by atoms with Crippen LogP contribution < -0.4 is 0 Å². The van der Waals surface area contributed by atoms with Crippen LogP contribution in [0, 0.1) is 0 Å². The number of hydrogen-bond acceptors (Lipinski definition) is 3. The van der Waals surface area contributed by atoms with Crippen LogP contribution in [0.25, 0.3) is 0 Å². The van der Waals surface area contributed by atoms with Crippen LogP contribution in [-0.4, -0.2) is 30.6 Å². The highest BCUT2D eigenvalue weighted by Crippen LogP contribution is 2.12. The summed E-state index contributed by atoms with van der Waals surface area (Å²) in [5.41, 5.74) is 0. The van der Waals surface area contributed by atoms with Crippen LogP contribution in [0.15, 0.2) is 0 Å². The lowest BCUT2D eigenvalue weighted by atomic mass is 10.1. The summed E-state index contributed by atoms with van der Waals surface area (Å²) < 4.78 is 10.3. The van der Waals surface area contributed by atoms with Gasteiger partial charge in [0.05, 0.1) is 6.10 Å². The lowest BCUT2D eigenvalue weighted by Crippen LogP contribution is -2.26. The van der Waals surface area contributed by atoms with Crippen molar-refractivity contribution in [2.75, 3.05) is 18.5 Å². The summed E-state index contributed by atoms with van der Waals surface area (Å²) in [5.74, 6) is -0.218. The Kier molecular flexibility index (Phi) is 4.61. The Bertz CT molecular complexity index is 143. The molecule has 1 aliphatic heterocycles. The Balaban J connectivity index is 2.09. The van der Waals surface area contributed by atoms with E-state index in [1.54, 1.807) is 0 Å². The molecule has 0 aromatic heterocycles. The fraction of sp³-hybridized carbons (Fsp3) is 0.875. The minimum Gasteiger partial charge on any atom is -0.462 e. The topological polar surface area (TPSA) is 35.5 Å².